The molecule has 0 aromatic heterocycles. The Morgan fingerprint density at radius 2 is 1.65 bits per heavy atom. The molecule has 0 fully saturated rings. The standard InChI is InChI=1S/C16H16O7/c1-22-16-10(18)5-3-8-12(20)13(21)14(23-15(8)16)7-2-4-9(17)11(19)6-7/h2-6,12-14,17-21H,1H3/t12-,13+,14+/m0/s1. The molecule has 0 saturated carbocycles. The fraction of sp³-hybridized carbons (Fsp3) is 0.250. The first-order valence-corrected chi connectivity index (χ1v) is 6.88. The third-order valence-electron chi connectivity index (χ3n) is 3.85. The Hall–Kier alpha value is -2.64. The molecule has 1 heterocycles. The highest BCUT2D eigenvalue weighted by molar-refractivity contribution is 5.57. The number of aliphatic hydroxyl groups is 2. The smallest absolute Gasteiger partial charge is 0.203 e. The Balaban J connectivity index is 2.09. The van der Waals surface area contributed by atoms with E-state index in [4.69, 9.17) is 9.47 Å². The number of aliphatic hydroxyl groups excluding tert-OH is 2. The molecular formula is C16H16O7. The Morgan fingerprint density at radius 3 is 2.30 bits per heavy atom. The van der Waals surface area contributed by atoms with Gasteiger partial charge < -0.3 is 35.0 Å². The van der Waals surface area contributed by atoms with Gasteiger partial charge >= 0.3 is 0 Å². The molecule has 0 amide bonds. The second-order valence-electron chi connectivity index (χ2n) is 5.26. The maximum Gasteiger partial charge on any atom is 0.203 e. The van der Waals surface area contributed by atoms with Crippen molar-refractivity contribution in [2.24, 2.45) is 0 Å². The molecule has 0 spiro atoms. The van der Waals surface area contributed by atoms with Gasteiger partial charge in [-0.05, 0) is 29.8 Å². The van der Waals surface area contributed by atoms with Crippen LogP contribution in [-0.4, -0.2) is 38.7 Å². The first-order chi connectivity index (χ1) is 10.9. The number of phenolic OH excluding ortho intramolecular Hbond substituents is 3. The van der Waals surface area contributed by atoms with E-state index in [-0.39, 0.29) is 34.3 Å². The Labute approximate surface area is 131 Å². The zero-order chi connectivity index (χ0) is 16.7. The molecule has 3 rings (SSSR count). The summed E-state index contributed by atoms with van der Waals surface area (Å²) in [5.74, 6) is -0.692. The molecule has 122 valence electrons. The van der Waals surface area contributed by atoms with Crippen LogP contribution >= 0.6 is 0 Å². The number of ether oxygens (including phenoxy) is 2. The van der Waals surface area contributed by atoms with E-state index < -0.39 is 18.3 Å². The number of benzene rings is 2. The van der Waals surface area contributed by atoms with Crippen LogP contribution in [0.5, 0.6) is 28.7 Å². The van der Waals surface area contributed by atoms with Crippen molar-refractivity contribution in [1.29, 1.82) is 0 Å². The van der Waals surface area contributed by atoms with Gasteiger partial charge in [-0.15, -0.1) is 0 Å². The number of methoxy groups -OCH3 is 1. The highest BCUT2D eigenvalue weighted by Crippen LogP contribution is 2.49. The average Bonchev–Trinajstić information content (AvgIpc) is 2.53. The van der Waals surface area contributed by atoms with Gasteiger partial charge in [-0.2, -0.15) is 0 Å². The normalized spacial score (nSPS) is 23.0. The lowest BCUT2D eigenvalue weighted by Gasteiger charge is -2.35. The summed E-state index contributed by atoms with van der Waals surface area (Å²) in [7, 11) is 1.34. The van der Waals surface area contributed by atoms with Gasteiger partial charge in [0, 0.05) is 5.56 Å². The lowest BCUT2D eigenvalue weighted by molar-refractivity contribution is -0.0710. The zero-order valence-electron chi connectivity index (χ0n) is 12.2. The maximum absolute atomic E-state index is 10.3. The van der Waals surface area contributed by atoms with E-state index in [2.05, 4.69) is 0 Å². The van der Waals surface area contributed by atoms with Gasteiger partial charge in [0.15, 0.2) is 29.1 Å². The molecule has 3 atom stereocenters. The van der Waals surface area contributed by atoms with E-state index in [0.717, 1.165) is 0 Å². The number of rotatable bonds is 2. The fourth-order valence-corrected chi connectivity index (χ4v) is 2.65. The quantitative estimate of drug-likeness (QED) is 0.530. The van der Waals surface area contributed by atoms with E-state index in [9.17, 15) is 25.5 Å². The lowest BCUT2D eigenvalue weighted by atomic mass is 9.91. The van der Waals surface area contributed by atoms with Gasteiger partial charge in [0.05, 0.1) is 7.11 Å². The van der Waals surface area contributed by atoms with Gasteiger partial charge in [0.2, 0.25) is 5.75 Å². The lowest BCUT2D eigenvalue weighted by Crippen LogP contribution is -2.34. The van der Waals surface area contributed by atoms with Crippen molar-refractivity contribution in [3.05, 3.63) is 41.5 Å². The van der Waals surface area contributed by atoms with Crippen LogP contribution in [0.1, 0.15) is 23.3 Å². The zero-order valence-corrected chi connectivity index (χ0v) is 12.2. The second kappa shape index (κ2) is 5.53. The van der Waals surface area contributed by atoms with E-state index in [1.165, 1.54) is 37.4 Å². The van der Waals surface area contributed by atoms with Crippen LogP contribution in [0.15, 0.2) is 30.3 Å². The highest BCUT2D eigenvalue weighted by atomic mass is 16.5. The minimum atomic E-state index is -1.30. The molecule has 0 bridgehead atoms. The summed E-state index contributed by atoms with van der Waals surface area (Å²) in [5, 5.41) is 49.4. The van der Waals surface area contributed by atoms with Crippen molar-refractivity contribution in [2.75, 3.05) is 7.11 Å². The number of hydrogen-bond acceptors (Lipinski definition) is 7. The molecule has 1 aliphatic heterocycles. The van der Waals surface area contributed by atoms with Crippen molar-refractivity contribution in [3.8, 4) is 28.7 Å². The van der Waals surface area contributed by atoms with Gasteiger partial charge in [-0.1, -0.05) is 6.07 Å². The maximum atomic E-state index is 10.3. The van der Waals surface area contributed by atoms with Crippen molar-refractivity contribution < 1.29 is 35.0 Å². The molecule has 7 nitrogen and oxygen atoms in total. The topological polar surface area (TPSA) is 120 Å². The van der Waals surface area contributed by atoms with Gasteiger partial charge in [-0.3, -0.25) is 0 Å². The number of hydrogen-bond donors (Lipinski definition) is 5. The number of fused-ring (bicyclic) bond motifs is 1. The molecule has 2 aromatic carbocycles. The first-order valence-electron chi connectivity index (χ1n) is 6.88. The van der Waals surface area contributed by atoms with Gasteiger partial charge in [0.1, 0.15) is 12.2 Å². The summed E-state index contributed by atoms with van der Waals surface area (Å²) in [6, 6.07) is 6.71. The van der Waals surface area contributed by atoms with Crippen molar-refractivity contribution >= 4 is 0 Å². The molecule has 0 aliphatic carbocycles. The molecule has 23 heavy (non-hydrogen) atoms. The molecule has 0 saturated heterocycles. The van der Waals surface area contributed by atoms with E-state index in [1.807, 2.05) is 0 Å². The highest BCUT2D eigenvalue weighted by Gasteiger charge is 2.39. The van der Waals surface area contributed by atoms with Crippen LogP contribution in [-0.2, 0) is 0 Å². The number of phenols is 3. The SMILES string of the molecule is COc1c(O)ccc2c1O[C@H](c1ccc(O)c(O)c1)[C@H](O)[C@H]2O. The van der Waals surface area contributed by atoms with Crippen LogP contribution in [0.4, 0.5) is 0 Å². The molecule has 5 N–H and O–H groups in total. The van der Waals surface area contributed by atoms with E-state index >= 15 is 0 Å². The van der Waals surface area contributed by atoms with Crippen molar-refractivity contribution in [2.45, 2.75) is 18.3 Å². The molecule has 1 aliphatic rings. The molecule has 0 radical (unpaired) electrons. The predicted molar refractivity (Wildman–Crippen MR) is 78.8 cm³/mol. The molecular weight excluding hydrogens is 304 g/mol. The van der Waals surface area contributed by atoms with Gasteiger partial charge in [-0.25, -0.2) is 0 Å². The fourth-order valence-electron chi connectivity index (χ4n) is 2.65. The largest absolute Gasteiger partial charge is 0.504 e. The van der Waals surface area contributed by atoms with Crippen LogP contribution < -0.4 is 9.47 Å². The van der Waals surface area contributed by atoms with Crippen molar-refractivity contribution in [3.63, 3.8) is 0 Å². The summed E-state index contributed by atoms with van der Waals surface area (Å²) in [6.07, 6.45) is -3.59. The minimum absolute atomic E-state index is 0.0430. The Morgan fingerprint density at radius 1 is 0.957 bits per heavy atom. The Kier molecular flexibility index (Phi) is 3.67. The van der Waals surface area contributed by atoms with E-state index in [0.29, 0.717) is 5.56 Å². The monoisotopic (exact) mass is 320 g/mol. The predicted octanol–water partition coefficient (Wildman–Crippen LogP) is 1.34. The third-order valence-corrected chi connectivity index (χ3v) is 3.85. The molecule has 2 aromatic rings. The van der Waals surface area contributed by atoms with Crippen LogP contribution in [0.2, 0.25) is 0 Å². The van der Waals surface area contributed by atoms with Crippen LogP contribution in [0.3, 0.4) is 0 Å². The summed E-state index contributed by atoms with van der Waals surface area (Å²) >= 11 is 0. The van der Waals surface area contributed by atoms with Crippen LogP contribution in [0, 0.1) is 0 Å². The van der Waals surface area contributed by atoms with Crippen molar-refractivity contribution in [1.82, 2.24) is 0 Å². The summed E-state index contributed by atoms with van der Waals surface area (Å²) in [4.78, 5) is 0. The summed E-state index contributed by atoms with van der Waals surface area (Å²) < 4.78 is 10.8. The van der Waals surface area contributed by atoms with Crippen LogP contribution in [0.25, 0.3) is 0 Å². The Bertz CT molecular complexity index is 743. The minimum Gasteiger partial charge on any atom is -0.504 e. The second-order valence-corrected chi connectivity index (χ2v) is 5.26. The van der Waals surface area contributed by atoms with Gasteiger partial charge in [0.25, 0.3) is 0 Å². The molecule has 7 heteroatoms. The number of aromatic hydroxyl groups is 3. The average molecular weight is 320 g/mol. The summed E-state index contributed by atoms with van der Waals surface area (Å²) in [5.41, 5.74) is 0.634. The summed E-state index contributed by atoms with van der Waals surface area (Å²) in [6.45, 7) is 0. The first kappa shape index (κ1) is 15.3. The molecule has 0 unspecified atom stereocenters. The van der Waals surface area contributed by atoms with E-state index in [1.54, 1.807) is 0 Å². The third kappa shape index (κ3) is 2.39.